The highest BCUT2D eigenvalue weighted by Gasteiger charge is 2.36. The Kier molecular flexibility index (Phi) is 3.80. The first-order valence-electron chi connectivity index (χ1n) is 9.80. The molecule has 0 saturated heterocycles. The van der Waals surface area contributed by atoms with E-state index in [9.17, 15) is 14.7 Å². The zero-order valence-corrected chi connectivity index (χ0v) is 16.9. The van der Waals surface area contributed by atoms with Crippen molar-refractivity contribution >= 4 is 16.9 Å². The number of rotatable bonds is 2. The van der Waals surface area contributed by atoms with E-state index in [2.05, 4.69) is 25.9 Å². The molecule has 7 nitrogen and oxygen atoms in total. The third kappa shape index (κ3) is 2.62. The van der Waals surface area contributed by atoms with Crippen LogP contribution < -0.4 is 5.43 Å². The van der Waals surface area contributed by atoms with Crippen molar-refractivity contribution in [1.29, 1.82) is 0 Å². The number of hydrogen-bond acceptors (Lipinski definition) is 4. The van der Waals surface area contributed by atoms with Crippen LogP contribution in [0.2, 0.25) is 0 Å². The lowest BCUT2D eigenvalue weighted by atomic mass is 9.80. The van der Waals surface area contributed by atoms with Gasteiger partial charge in [0.15, 0.2) is 16.8 Å². The topological polar surface area (TPSA) is 90.3 Å². The van der Waals surface area contributed by atoms with Crippen molar-refractivity contribution in [3.05, 3.63) is 70.3 Å². The predicted molar refractivity (Wildman–Crippen MR) is 112 cm³/mol. The van der Waals surface area contributed by atoms with Gasteiger partial charge in [-0.05, 0) is 24.0 Å². The van der Waals surface area contributed by atoms with Crippen molar-refractivity contribution in [2.75, 3.05) is 0 Å². The quantitative estimate of drug-likeness (QED) is 0.539. The Morgan fingerprint density at radius 1 is 1.27 bits per heavy atom. The van der Waals surface area contributed by atoms with Crippen molar-refractivity contribution < 1.29 is 14.3 Å². The van der Waals surface area contributed by atoms with Crippen LogP contribution in [-0.4, -0.2) is 25.4 Å². The van der Waals surface area contributed by atoms with Gasteiger partial charge in [-0.1, -0.05) is 32.9 Å². The van der Waals surface area contributed by atoms with Crippen molar-refractivity contribution in [3.63, 3.8) is 0 Å². The van der Waals surface area contributed by atoms with Crippen LogP contribution in [0.15, 0.2) is 58.1 Å². The molecule has 30 heavy (non-hydrogen) atoms. The Morgan fingerprint density at radius 2 is 2.07 bits per heavy atom. The van der Waals surface area contributed by atoms with Gasteiger partial charge in [0.05, 0.1) is 5.69 Å². The van der Waals surface area contributed by atoms with Gasteiger partial charge in [0.1, 0.15) is 11.3 Å². The second-order valence-corrected chi connectivity index (χ2v) is 8.75. The Hall–Kier alpha value is -3.61. The average molecular weight is 403 g/mol. The summed E-state index contributed by atoms with van der Waals surface area (Å²) in [6, 6.07) is 9.12. The molecule has 0 saturated carbocycles. The Labute approximate surface area is 172 Å². The summed E-state index contributed by atoms with van der Waals surface area (Å²) in [5.41, 5.74) is 2.22. The zero-order valence-electron chi connectivity index (χ0n) is 16.9. The molecule has 7 heteroatoms. The molecule has 1 aliphatic rings. The number of carbonyl (C=O) groups is 1. The second-order valence-electron chi connectivity index (χ2n) is 8.75. The van der Waals surface area contributed by atoms with E-state index in [1.165, 1.54) is 12.3 Å². The monoisotopic (exact) mass is 403 g/mol. The third-order valence-corrected chi connectivity index (χ3v) is 5.82. The minimum Gasteiger partial charge on any atom is -0.477 e. The Bertz CT molecular complexity index is 1350. The van der Waals surface area contributed by atoms with Crippen LogP contribution in [-0.2, 0) is 6.42 Å². The maximum atomic E-state index is 12.5. The molecule has 4 aromatic rings. The lowest BCUT2D eigenvalue weighted by Gasteiger charge is -2.37. The van der Waals surface area contributed by atoms with Crippen LogP contribution >= 0.6 is 0 Å². The van der Waals surface area contributed by atoms with Crippen LogP contribution in [0.1, 0.15) is 42.7 Å². The van der Waals surface area contributed by atoms with Gasteiger partial charge in [-0.25, -0.2) is 9.48 Å². The number of carboxylic acid groups (broad SMARTS) is 1. The molecule has 0 bridgehead atoms. The molecule has 3 aromatic heterocycles. The molecule has 1 aromatic carbocycles. The van der Waals surface area contributed by atoms with E-state index in [4.69, 9.17) is 4.42 Å². The highest BCUT2D eigenvalue weighted by molar-refractivity contribution is 5.93. The molecule has 0 radical (unpaired) electrons. The van der Waals surface area contributed by atoms with E-state index in [1.807, 2.05) is 35.0 Å². The fourth-order valence-electron chi connectivity index (χ4n) is 4.32. The predicted octanol–water partition coefficient (Wildman–Crippen LogP) is 4.29. The van der Waals surface area contributed by atoms with E-state index < -0.39 is 11.4 Å². The molecule has 1 aliphatic heterocycles. The van der Waals surface area contributed by atoms with Gasteiger partial charge in [-0.2, -0.15) is 5.10 Å². The van der Waals surface area contributed by atoms with Gasteiger partial charge in [0.2, 0.25) is 0 Å². The molecule has 4 heterocycles. The van der Waals surface area contributed by atoms with E-state index in [0.717, 1.165) is 16.6 Å². The molecule has 1 atom stereocenters. The first-order valence-corrected chi connectivity index (χ1v) is 9.80. The average Bonchev–Trinajstić information content (AvgIpc) is 3.33. The maximum Gasteiger partial charge on any atom is 0.341 e. The number of hydrogen-bond donors (Lipinski definition) is 1. The standard InChI is InChI=1S/C23H21N3O4/c1-23(2,3)19-10-14-13-6-4-7-16(26-9-5-8-24-26)20(13)30-21(14)17-11-18(27)15(22(28)29)12-25(17)19/h4-9,11-12,19H,10H2,1-3H3,(H,28,29). The first kappa shape index (κ1) is 18.4. The molecule has 0 fully saturated rings. The van der Waals surface area contributed by atoms with Crippen molar-refractivity contribution in [1.82, 2.24) is 14.3 Å². The summed E-state index contributed by atoms with van der Waals surface area (Å²) in [5, 5.41) is 14.8. The summed E-state index contributed by atoms with van der Waals surface area (Å²) >= 11 is 0. The summed E-state index contributed by atoms with van der Waals surface area (Å²) < 4.78 is 9.96. The van der Waals surface area contributed by atoms with Crippen LogP contribution in [0, 0.1) is 5.41 Å². The van der Waals surface area contributed by atoms with Gasteiger partial charge >= 0.3 is 5.97 Å². The fourth-order valence-corrected chi connectivity index (χ4v) is 4.32. The SMILES string of the molecule is CC(C)(C)C1Cc2c(oc3c(-n4cccn4)cccc23)-c2cc(=O)c(C(=O)O)cn21. The van der Waals surface area contributed by atoms with Gasteiger partial charge in [-0.3, -0.25) is 4.79 Å². The molecule has 1 unspecified atom stereocenters. The maximum absolute atomic E-state index is 12.5. The smallest absolute Gasteiger partial charge is 0.341 e. The number of fused-ring (bicyclic) bond motifs is 5. The van der Waals surface area contributed by atoms with Crippen molar-refractivity contribution in [2.24, 2.45) is 5.41 Å². The van der Waals surface area contributed by atoms with Crippen molar-refractivity contribution in [2.45, 2.75) is 33.2 Å². The molecule has 0 spiro atoms. The van der Waals surface area contributed by atoms with Gasteiger partial charge in [0.25, 0.3) is 0 Å². The van der Waals surface area contributed by atoms with E-state index in [-0.39, 0.29) is 17.0 Å². The number of aromatic carboxylic acids is 1. The highest BCUT2D eigenvalue weighted by Crippen LogP contribution is 2.46. The molecule has 1 N–H and O–H groups in total. The number of para-hydroxylation sites is 1. The van der Waals surface area contributed by atoms with Crippen molar-refractivity contribution in [3.8, 4) is 17.1 Å². The van der Waals surface area contributed by atoms with Gasteiger partial charge in [-0.15, -0.1) is 0 Å². The molecule has 5 rings (SSSR count). The number of furan rings is 1. The van der Waals surface area contributed by atoms with Gasteiger partial charge < -0.3 is 14.1 Å². The highest BCUT2D eigenvalue weighted by atomic mass is 16.4. The second kappa shape index (κ2) is 6.19. The Morgan fingerprint density at radius 3 is 2.73 bits per heavy atom. The van der Waals surface area contributed by atoms with Gasteiger partial charge in [0, 0.05) is 41.6 Å². The van der Waals surface area contributed by atoms with Crippen LogP contribution in [0.5, 0.6) is 0 Å². The largest absolute Gasteiger partial charge is 0.477 e. The number of aromatic nitrogens is 3. The minimum atomic E-state index is -1.22. The number of nitrogens with zero attached hydrogens (tertiary/aromatic N) is 3. The summed E-state index contributed by atoms with van der Waals surface area (Å²) in [7, 11) is 0. The summed E-state index contributed by atoms with van der Waals surface area (Å²) in [6.45, 7) is 6.34. The minimum absolute atomic E-state index is 0.0344. The third-order valence-electron chi connectivity index (χ3n) is 5.82. The molecule has 0 aliphatic carbocycles. The molecular weight excluding hydrogens is 382 g/mol. The van der Waals surface area contributed by atoms with E-state index in [0.29, 0.717) is 23.5 Å². The number of carboxylic acids is 1. The lowest BCUT2D eigenvalue weighted by molar-refractivity contribution is 0.0693. The summed E-state index contributed by atoms with van der Waals surface area (Å²) in [4.78, 5) is 24.1. The van der Waals surface area contributed by atoms with E-state index >= 15 is 0 Å². The number of pyridine rings is 1. The van der Waals surface area contributed by atoms with Crippen LogP contribution in [0.3, 0.4) is 0 Å². The Balaban J connectivity index is 1.84. The fraction of sp³-hybridized carbons (Fsp3) is 0.261. The summed E-state index contributed by atoms with van der Waals surface area (Å²) in [6.07, 6.45) is 5.69. The summed E-state index contributed by atoms with van der Waals surface area (Å²) in [5.74, 6) is -0.613. The lowest BCUT2D eigenvalue weighted by Crippen LogP contribution is -2.32. The van der Waals surface area contributed by atoms with E-state index in [1.54, 1.807) is 10.9 Å². The van der Waals surface area contributed by atoms with Crippen LogP contribution in [0.4, 0.5) is 0 Å². The van der Waals surface area contributed by atoms with Crippen LogP contribution in [0.25, 0.3) is 28.1 Å². The molecule has 0 amide bonds. The molecular formula is C23H21N3O4. The zero-order chi connectivity index (χ0) is 21.2. The normalized spacial score (nSPS) is 15.8. The number of benzene rings is 1. The first-order chi connectivity index (χ1) is 14.3. The molecule has 152 valence electrons.